The van der Waals surface area contributed by atoms with Crippen LogP contribution in [0, 0.1) is 0 Å². The number of aliphatic hydroxyl groups is 2. The highest BCUT2D eigenvalue weighted by Gasteiger charge is 2.13. The molecule has 0 aliphatic heterocycles. The van der Waals surface area contributed by atoms with Crippen molar-refractivity contribution >= 4 is 0 Å². The highest BCUT2D eigenvalue weighted by molar-refractivity contribution is 5.15. The molecular formula is C10H15NO2. The third-order valence-corrected chi connectivity index (χ3v) is 1.99. The monoisotopic (exact) mass is 181 g/mol. The van der Waals surface area contributed by atoms with Crippen LogP contribution in [0.2, 0.25) is 0 Å². The van der Waals surface area contributed by atoms with Gasteiger partial charge in [-0.3, -0.25) is 0 Å². The fraction of sp³-hybridized carbons (Fsp3) is 0.400. The van der Waals surface area contributed by atoms with E-state index in [1.165, 1.54) is 0 Å². The van der Waals surface area contributed by atoms with Crippen LogP contribution in [0.15, 0.2) is 30.3 Å². The maximum atomic E-state index is 9.49. The quantitative estimate of drug-likeness (QED) is 0.608. The molecule has 72 valence electrons. The van der Waals surface area contributed by atoms with Gasteiger partial charge in [-0.25, -0.2) is 0 Å². The van der Waals surface area contributed by atoms with Gasteiger partial charge >= 0.3 is 0 Å². The molecule has 3 heteroatoms. The molecule has 13 heavy (non-hydrogen) atoms. The van der Waals surface area contributed by atoms with Crippen LogP contribution in [-0.4, -0.2) is 29.0 Å². The number of hydrogen-bond donors (Lipinski definition) is 3. The first-order valence-electron chi connectivity index (χ1n) is 4.32. The van der Waals surface area contributed by atoms with Crippen LogP contribution in [-0.2, 0) is 6.42 Å². The second-order valence-corrected chi connectivity index (χ2v) is 3.10. The number of benzene rings is 1. The summed E-state index contributed by atoms with van der Waals surface area (Å²) in [5, 5.41) is 18.2. The zero-order valence-corrected chi connectivity index (χ0v) is 7.43. The Morgan fingerprint density at radius 1 is 1.23 bits per heavy atom. The normalized spacial score (nSPS) is 15.3. The third kappa shape index (κ3) is 3.14. The van der Waals surface area contributed by atoms with Gasteiger partial charge in [0.1, 0.15) is 0 Å². The first-order valence-corrected chi connectivity index (χ1v) is 4.32. The van der Waals surface area contributed by atoms with Crippen molar-refractivity contribution in [1.29, 1.82) is 0 Å². The lowest BCUT2D eigenvalue weighted by atomic mass is 10.0. The van der Waals surface area contributed by atoms with Gasteiger partial charge in [0.05, 0.1) is 18.8 Å². The van der Waals surface area contributed by atoms with E-state index in [1.54, 1.807) is 0 Å². The topological polar surface area (TPSA) is 66.5 Å². The highest BCUT2D eigenvalue weighted by Crippen LogP contribution is 2.04. The maximum absolute atomic E-state index is 9.49. The third-order valence-electron chi connectivity index (χ3n) is 1.99. The molecule has 0 bridgehead atoms. The molecule has 0 fully saturated rings. The fourth-order valence-corrected chi connectivity index (χ4v) is 1.13. The Morgan fingerprint density at radius 3 is 2.38 bits per heavy atom. The van der Waals surface area contributed by atoms with E-state index in [9.17, 15) is 5.11 Å². The van der Waals surface area contributed by atoms with Crippen LogP contribution >= 0.6 is 0 Å². The molecule has 0 saturated heterocycles. The number of aliphatic hydroxyl groups excluding tert-OH is 2. The van der Waals surface area contributed by atoms with E-state index in [-0.39, 0.29) is 6.61 Å². The molecule has 0 aliphatic rings. The Kier molecular flexibility index (Phi) is 3.89. The van der Waals surface area contributed by atoms with Crippen LogP contribution in [0.1, 0.15) is 5.56 Å². The molecule has 0 aliphatic carbocycles. The molecule has 0 amide bonds. The Labute approximate surface area is 77.8 Å². The summed E-state index contributed by atoms with van der Waals surface area (Å²) in [6.45, 7) is -0.187. The maximum Gasteiger partial charge on any atom is 0.0753 e. The SMILES string of the molecule is N[C@H](CO)[C@H](O)Cc1ccccc1. The van der Waals surface area contributed by atoms with Crippen molar-refractivity contribution in [3.63, 3.8) is 0 Å². The van der Waals surface area contributed by atoms with Gasteiger partial charge in [0.15, 0.2) is 0 Å². The van der Waals surface area contributed by atoms with E-state index in [1.807, 2.05) is 30.3 Å². The number of nitrogens with two attached hydrogens (primary N) is 1. The average Bonchev–Trinajstić information content (AvgIpc) is 2.18. The molecule has 0 saturated carbocycles. The molecule has 0 radical (unpaired) electrons. The molecule has 1 rings (SSSR count). The van der Waals surface area contributed by atoms with Crippen molar-refractivity contribution in [3.8, 4) is 0 Å². The molecule has 1 aromatic rings. The molecule has 0 unspecified atom stereocenters. The Hall–Kier alpha value is -0.900. The summed E-state index contributed by atoms with van der Waals surface area (Å²) in [6.07, 6.45) is -0.185. The van der Waals surface area contributed by atoms with Gasteiger partial charge in [0.25, 0.3) is 0 Å². The smallest absolute Gasteiger partial charge is 0.0753 e. The Bertz CT molecular complexity index is 238. The number of rotatable bonds is 4. The fourth-order valence-electron chi connectivity index (χ4n) is 1.13. The van der Waals surface area contributed by atoms with E-state index in [0.29, 0.717) is 6.42 Å². The molecule has 4 N–H and O–H groups in total. The standard InChI is InChI=1S/C10H15NO2/c11-9(7-12)10(13)6-8-4-2-1-3-5-8/h1-5,9-10,12-13H,6-7,11H2/t9-,10-/m1/s1. The molecular weight excluding hydrogens is 166 g/mol. The van der Waals surface area contributed by atoms with E-state index >= 15 is 0 Å². The van der Waals surface area contributed by atoms with Crippen molar-refractivity contribution in [2.24, 2.45) is 5.73 Å². The van der Waals surface area contributed by atoms with Crippen molar-refractivity contribution in [1.82, 2.24) is 0 Å². The zero-order valence-electron chi connectivity index (χ0n) is 7.43. The van der Waals surface area contributed by atoms with Crippen LogP contribution in [0.3, 0.4) is 0 Å². The zero-order chi connectivity index (χ0) is 9.68. The van der Waals surface area contributed by atoms with Gasteiger partial charge in [-0.15, -0.1) is 0 Å². The first-order chi connectivity index (χ1) is 6.24. The summed E-state index contributed by atoms with van der Waals surface area (Å²) in [5.74, 6) is 0. The molecule has 0 aromatic heterocycles. The molecule has 2 atom stereocenters. The van der Waals surface area contributed by atoms with Crippen molar-refractivity contribution in [2.75, 3.05) is 6.61 Å². The summed E-state index contributed by atoms with van der Waals surface area (Å²) in [7, 11) is 0. The van der Waals surface area contributed by atoms with Gasteiger partial charge in [-0.05, 0) is 12.0 Å². The van der Waals surface area contributed by atoms with Crippen LogP contribution in [0.4, 0.5) is 0 Å². The molecule has 0 spiro atoms. The second-order valence-electron chi connectivity index (χ2n) is 3.10. The van der Waals surface area contributed by atoms with Gasteiger partial charge in [0, 0.05) is 0 Å². The molecule has 1 aromatic carbocycles. The van der Waals surface area contributed by atoms with E-state index in [2.05, 4.69) is 0 Å². The van der Waals surface area contributed by atoms with Crippen molar-refractivity contribution in [2.45, 2.75) is 18.6 Å². The van der Waals surface area contributed by atoms with Crippen LogP contribution in [0.5, 0.6) is 0 Å². The summed E-state index contributed by atoms with van der Waals surface area (Å²) in [6, 6.07) is 9.03. The summed E-state index contributed by atoms with van der Waals surface area (Å²) in [5.41, 5.74) is 6.49. The van der Waals surface area contributed by atoms with Crippen molar-refractivity contribution in [3.05, 3.63) is 35.9 Å². The van der Waals surface area contributed by atoms with E-state index in [4.69, 9.17) is 10.8 Å². The van der Waals surface area contributed by atoms with Crippen LogP contribution < -0.4 is 5.73 Å². The summed E-state index contributed by atoms with van der Waals surface area (Å²) < 4.78 is 0. The minimum Gasteiger partial charge on any atom is -0.395 e. The van der Waals surface area contributed by atoms with Gasteiger partial charge in [-0.2, -0.15) is 0 Å². The summed E-state index contributed by atoms with van der Waals surface area (Å²) in [4.78, 5) is 0. The van der Waals surface area contributed by atoms with Gasteiger partial charge in [0.2, 0.25) is 0 Å². The van der Waals surface area contributed by atoms with E-state index < -0.39 is 12.1 Å². The van der Waals surface area contributed by atoms with Crippen molar-refractivity contribution < 1.29 is 10.2 Å². The lowest BCUT2D eigenvalue weighted by Crippen LogP contribution is -2.39. The van der Waals surface area contributed by atoms with Crippen LogP contribution in [0.25, 0.3) is 0 Å². The largest absolute Gasteiger partial charge is 0.395 e. The predicted molar refractivity (Wildman–Crippen MR) is 51.2 cm³/mol. The second kappa shape index (κ2) is 4.97. The Morgan fingerprint density at radius 2 is 1.85 bits per heavy atom. The molecule has 3 nitrogen and oxygen atoms in total. The minimum absolute atomic E-state index is 0.187. The molecule has 0 heterocycles. The summed E-state index contributed by atoms with van der Waals surface area (Å²) >= 11 is 0. The lowest BCUT2D eigenvalue weighted by Gasteiger charge is -2.16. The average molecular weight is 181 g/mol. The Balaban J connectivity index is 2.50. The van der Waals surface area contributed by atoms with Gasteiger partial charge in [-0.1, -0.05) is 30.3 Å². The predicted octanol–water partition coefficient (Wildman–Crippen LogP) is -0.0904. The minimum atomic E-state index is -0.674. The highest BCUT2D eigenvalue weighted by atomic mass is 16.3. The van der Waals surface area contributed by atoms with Gasteiger partial charge < -0.3 is 15.9 Å². The van der Waals surface area contributed by atoms with E-state index in [0.717, 1.165) is 5.56 Å². The first kappa shape index (κ1) is 10.2. The lowest BCUT2D eigenvalue weighted by molar-refractivity contribution is 0.109. The number of hydrogen-bond acceptors (Lipinski definition) is 3.